The summed E-state index contributed by atoms with van der Waals surface area (Å²) in [4.78, 5) is 34.2. The van der Waals surface area contributed by atoms with Crippen LogP contribution < -0.4 is 5.32 Å². The van der Waals surface area contributed by atoms with Crippen LogP contribution in [0.25, 0.3) is 0 Å². The summed E-state index contributed by atoms with van der Waals surface area (Å²) in [7, 11) is 1.28. The van der Waals surface area contributed by atoms with Gasteiger partial charge in [-0.15, -0.1) is 0 Å². The summed E-state index contributed by atoms with van der Waals surface area (Å²) in [5.41, 5.74) is 1.65. The number of halogens is 2. The monoisotopic (exact) mass is 422 g/mol. The van der Waals surface area contributed by atoms with Crippen LogP contribution in [0, 0.1) is 11.7 Å². The number of carbonyl (C=O) groups is 2. The van der Waals surface area contributed by atoms with Gasteiger partial charge in [-0.25, -0.2) is 19.0 Å². The predicted octanol–water partition coefficient (Wildman–Crippen LogP) is 3.45. The maximum Gasteiger partial charge on any atom is 0.328 e. The van der Waals surface area contributed by atoms with Crippen molar-refractivity contribution in [2.45, 2.75) is 38.8 Å². The molecule has 9 heteroatoms. The van der Waals surface area contributed by atoms with E-state index in [-0.39, 0.29) is 11.5 Å². The summed E-state index contributed by atoms with van der Waals surface area (Å²) in [5, 5.41) is 3.12. The highest BCUT2D eigenvalue weighted by atomic mass is 35.5. The van der Waals surface area contributed by atoms with Gasteiger partial charge in [0, 0.05) is 29.2 Å². The van der Waals surface area contributed by atoms with Crippen LogP contribution in [0.3, 0.4) is 0 Å². The first-order valence-electron chi connectivity index (χ1n) is 9.49. The smallest absolute Gasteiger partial charge is 0.328 e. The molecular formula is C20H24ClFN4O3. The van der Waals surface area contributed by atoms with E-state index in [1.807, 2.05) is 13.8 Å². The number of carbonyl (C=O) groups excluding carboxylic acids is 2. The molecule has 1 aliphatic rings. The van der Waals surface area contributed by atoms with Crippen LogP contribution in [0.5, 0.6) is 0 Å². The molecule has 2 N–H and O–H groups in total. The van der Waals surface area contributed by atoms with Crippen LogP contribution in [0.4, 0.5) is 9.18 Å². The molecule has 1 aromatic heterocycles. The van der Waals surface area contributed by atoms with Gasteiger partial charge in [0.25, 0.3) is 0 Å². The molecule has 1 aromatic carbocycles. The highest BCUT2D eigenvalue weighted by Gasteiger charge is 2.38. The summed E-state index contributed by atoms with van der Waals surface area (Å²) in [6, 6.07) is 2.17. The number of imidazole rings is 1. The lowest BCUT2D eigenvalue weighted by atomic mass is 9.95. The zero-order valence-corrected chi connectivity index (χ0v) is 17.3. The molecule has 0 saturated carbocycles. The summed E-state index contributed by atoms with van der Waals surface area (Å²) >= 11 is 6.09. The first-order chi connectivity index (χ1) is 13.9. The number of aromatic nitrogens is 2. The van der Waals surface area contributed by atoms with E-state index in [0.717, 1.165) is 5.69 Å². The highest BCUT2D eigenvalue weighted by Crippen LogP contribution is 2.36. The molecule has 29 heavy (non-hydrogen) atoms. The van der Waals surface area contributed by atoms with Gasteiger partial charge in [0.05, 0.1) is 19.1 Å². The van der Waals surface area contributed by atoms with Gasteiger partial charge >= 0.3 is 12.0 Å². The van der Waals surface area contributed by atoms with Gasteiger partial charge < -0.3 is 19.9 Å². The standard InChI is InChI=1S/C20H24ClFN4O3/c1-4-11(2)16(19(27)29-3)25-20(28)26-8-7-15-17(24-10-23-15)18(26)13-9-12(21)5-6-14(13)22/h5-6,9-11,16,18H,4,7-8H2,1-3H3,(H,23,24)(H,25,28)/t11-,16-,18-/m0/s1. The first kappa shape index (κ1) is 21.1. The van der Waals surface area contributed by atoms with E-state index < -0.39 is 29.9 Å². The third-order valence-corrected chi connectivity index (χ3v) is 5.62. The Morgan fingerprint density at radius 2 is 2.24 bits per heavy atom. The summed E-state index contributed by atoms with van der Waals surface area (Å²) in [5.74, 6) is -1.13. The Labute approximate surface area is 173 Å². The summed E-state index contributed by atoms with van der Waals surface area (Å²) in [6.07, 6.45) is 2.74. The fourth-order valence-electron chi connectivity index (χ4n) is 3.55. The molecule has 3 atom stereocenters. The van der Waals surface area contributed by atoms with E-state index >= 15 is 0 Å². The second kappa shape index (κ2) is 8.82. The lowest BCUT2D eigenvalue weighted by molar-refractivity contribution is -0.144. The average Bonchev–Trinajstić information content (AvgIpc) is 3.20. The number of hydrogen-bond acceptors (Lipinski definition) is 4. The van der Waals surface area contributed by atoms with E-state index in [4.69, 9.17) is 16.3 Å². The van der Waals surface area contributed by atoms with E-state index in [2.05, 4.69) is 15.3 Å². The predicted molar refractivity (Wildman–Crippen MR) is 106 cm³/mol. The Bertz CT molecular complexity index is 904. The zero-order chi connectivity index (χ0) is 21.1. The van der Waals surface area contributed by atoms with Crippen molar-refractivity contribution >= 4 is 23.6 Å². The second-order valence-corrected chi connectivity index (χ2v) is 7.55. The van der Waals surface area contributed by atoms with Crippen LogP contribution in [0.15, 0.2) is 24.5 Å². The quantitative estimate of drug-likeness (QED) is 0.722. The molecule has 3 rings (SSSR count). The molecule has 0 saturated heterocycles. The van der Waals surface area contributed by atoms with Crippen molar-refractivity contribution in [2.75, 3.05) is 13.7 Å². The minimum absolute atomic E-state index is 0.126. The van der Waals surface area contributed by atoms with Crippen molar-refractivity contribution in [2.24, 2.45) is 5.92 Å². The minimum atomic E-state index is -0.803. The minimum Gasteiger partial charge on any atom is -0.467 e. The summed E-state index contributed by atoms with van der Waals surface area (Å²) in [6.45, 7) is 4.11. The van der Waals surface area contributed by atoms with Crippen LogP contribution >= 0.6 is 11.6 Å². The van der Waals surface area contributed by atoms with Gasteiger partial charge in [-0.3, -0.25) is 0 Å². The van der Waals surface area contributed by atoms with Gasteiger partial charge in [-0.2, -0.15) is 0 Å². The van der Waals surface area contributed by atoms with Gasteiger partial charge in [0.2, 0.25) is 0 Å². The number of aromatic amines is 1. The molecule has 2 aromatic rings. The van der Waals surface area contributed by atoms with Crippen molar-refractivity contribution < 1.29 is 18.7 Å². The maximum atomic E-state index is 14.7. The van der Waals surface area contributed by atoms with E-state index in [9.17, 15) is 14.0 Å². The molecule has 1 aliphatic heterocycles. The number of methoxy groups -OCH3 is 1. The van der Waals surface area contributed by atoms with Crippen molar-refractivity contribution in [3.63, 3.8) is 0 Å². The first-order valence-corrected chi connectivity index (χ1v) is 9.87. The number of urea groups is 1. The number of benzene rings is 1. The lowest BCUT2D eigenvalue weighted by Gasteiger charge is -2.36. The topological polar surface area (TPSA) is 87.3 Å². The average molecular weight is 423 g/mol. The van der Waals surface area contributed by atoms with Crippen LogP contribution in [-0.4, -0.2) is 46.6 Å². The fraction of sp³-hybridized carbons (Fsp3) is 0.450. The highest BCUT2D eigenvalue weighted by molar-refractivity contribution is 6.30. The fourth-order valence-corrected chi connectivity index (χ4v) is 3.73. The molecule has 7 nitrogen and oxygen atoms in total. The zero-order valence-electron chi connectivity index (χ0n) is 16.5. The maximum absolute atomic E-state index is 14.7. The third kappa shape index (κ3) is 4.22. The Hall–Kier alpha value is -2.61. The van der Waals surface area contributed by atoms with Gasteiger partial charge in [0.1, 0.15) is 17.9 Å². The van der Waals surface area contributed by atoms with Crippen molar-refractivity contribution in [1.29, 1.82) is 0 Å². The number of esters is 1. The molecule has 156 valence electrons. The second-order valence-electron chi connectivity index (χ2n) is 7.11. The number of nitrogens with one attached hydrogen (secondary N) is 2. The molecule has 0 spiro atoms. The van der Waals surface area contributed by atoms with Crippen molar-refractivity contribution in [3.05, 3.63) is 52.3 Å². The molecule has 2 amide bonds. The lowest BCUT2D eigenvalue weighted by Crippen LogP contribution is -2.53. The van der Waals surface area contributed by atoms with Gasteiger partial charge in [-0.05, 0) is 24.1 Å². The molecule has 0 radical (unpaired) electrons. The molecule has 0 unspecified atom stereocenters. The molecule has 0 bridgehead atoms. The van der Waals surface area contributed by atoms with Crippen LogP contribution in [0.2, 0.25) is 5.02 Å². The molecule has 0 fully saturated rings. The Morgan fingerprint density at radius 3 is 2.93 bits per heavy atom. The van der Waals surface area contributed by atoms with E-state index in [1.54, 1.807) is 0 Å². The third-order valence-electron chi connectivity index (χ3n) is 5.39. The number of nitrogens with zero attached hydrogens (tertiary/aromatic N) is 2. The van der Waals surface area contributed by atoms with E-state index in [1.165, 1.54) is 36.5 Å². The number of amides is 2. The number of hydrogen-bond donors (Lipinski definition) is 2. The normalized spacial score (nSPS) is 18.0. The number of fused-ring (bicyclic) bond motifs is 1. The largest absolute Gasteiger partial charge is 0.467 e. The van der Waals surface area contributed by atoms with Crippen LogP contribution in [0.1, 0.15) is 43.3 Å². The van der Waals surface area contributed by atoms with Gasteiger partial charge in [0.15, 0.2) is 0 Å². The van der Waals surface area contributed by atoms with Crippen molar-refractivity contribution in [3.8, 4) is 0 Å². The Kier molecular flexibility index (Phi) is 6.42. The molecule has 0 aliphatic carbocycles. The Morgan fingerprint density at radius 1 is 1.48 bits per heavy atom. The van der Waals surface area contributed by atoms with E-state index in [0.29, 0.717) is 30.1 Å². The van der Waals surface area contributed by atoms with Gasteiger partial charge in [-0.1, -0.05) is 31.9 Å². The molecular weight excluding hydrogens is 399 g/mol. The number of rotatable bonds is 5. The Balaban J connectivity index is 1.97. The molecule has 2 heterocycles. The summed E-state index contributed by atoms with van der Waals surface area (Å²) < 4.78 is 19.5. The number of H-pyrrole nitrogens is 1. The number of ether oxygens (including phenoxy) is 1. The van der Waals surface area contributed by atoms with Crippen LogP contribution in [-0.2, 0) is 16.0 Å². The SMILES string of the molecule is CC[C@H](C)[C@H](NC(=O)N1CCc2[nH]cnc2[C@@H]1c1cc(Cl)ccc1F)C(=O)OC. The van der Waals surface area contributed by atoms with Crippen molar-refractivity contribution in [1.82, 2.24) is 20.2 Å².